The molecule has 2 aromatic carbocycles. The van der Waals surface area contributed by atoms with Crippen molar-refractivity contribution in [2.24, 2.45) is 0 Å². The monoisotopic (exact) mass is 368 g/mol. The Hall–Kier alpha value is -3.21. The van der Waals surface area contributed by atoms with Crippen LogP contribution < -0.4 is 14.2 Å². The molecule has 0 fully saturated rings. The second-order valence-electron chi connectivity index (χ2n) is 6.08. The molecule has 2 rings (SSSR count). The van der Waals surface area contributed by atoms with E-state index < -0.39 is 0 Å². The van der Waals surface area contributed by atoms with Gasteiger partial charge < -0.3 is 19.3 Å². The fraction of sp³-hybridized carbons (Fsp3) is 0.227. The van der Waals surface area contributed by atoms with Crippen molar-refractivity contribution in [2.45, 2.75) is 13.8 Å². The van der Waals surface area contributed by atoms with Crippen LogP contribution >= 0.6 is 0 Å². The smallest absolute Gasteiger partial charge is 0.189 e. The fourth-order valence-corrected chi connectivity index (χ4v) is 2.33. The van der Waals surface area contributed by atoms with Crippen molar-refractivity contribution in [3.63, 3.8) is 0 Å². The molecule has 0 saturated heterocycles. The molecule has 0 aliphatic rings. The number of ether oxygens (including phenoxy) is 3. The van der Waals surface area contributed by atoms with E-state index in [1.165, 1.54) is 12.1 Å². The number of aromatic hydroxyl groups is 1. The summed E-state index contributed by atoms with van der Waals surface area (Å²) in [5.74, 6) is 1.27. The Balaban J connectivity index is 2.11. The van der Waals surface area contributed by atoms with Crippen LogP contribution in [-0.4, -0.2) is 31.7 Å². The van der Waals surface area contributed by atoms with E-state index in [1.54, 1.807) is 44.6 Å². The maximum Gasteiger partial charge on any atom is 0.189 e. The molecule has 0 unspecified atom stereocenters. The van der Waals surface area contributed by atoms with Crippen molar-refractivity contribution in [1.82, 2.24) is 0 Å². The molecule has 0 aromatic heterocycles. The van der Waals surface area contributed by atoms with Crippen molar-refractivity contribution in [2.75, 3.05) is 20.8 Å². The molecule has 0 saturated carbocycles. The zero-order valence-corrected chi connectivity index (χ0v) is 16.0. The molecule has 0 atom stereocenters. The number of allylic oxidation sites excluding steroid dienone is 2. The molecule has 2 aromatic rings. The summed E-state index contributed by atoms with van der Waals surface area (Å²) in [5, 5.41) is 10.1. The molecule has 0 aliphatic heterocycles. The van der Waals surface area contributed by atoms with E-state index in [2.05, 4.69) is 0 Å². The van der Waals surface area contributed by atoms with Crippen molar-refractivity contribution in [3.05, 3.63) is 65.3 Å². The molecule has 0 amide bonds. The lowest BCUT2D eigenvalue weighted by molar-refractivity contribution is 0.104. The van der Waals surface area contributed by atoms with Gasteiger partial charge in [0.15, 0.2) is 17.3 Å². The second-order valence-corrected chi connectivity index (χ2v) is 6.08. The van der Waals surface area contributed by atoms with E-state index >= 15 is 0 Å². The van der Waals surface area contributed by atoms with E-state index in [-0.39, 0.29) is 17.1 Å². The first-order chi connectivity index (χ1) is 12.9. The first-order valence-corrected chi connectivity index (χ1v) is 8.48. The minimum atomic E-state index is -0.307. The molecule has 0 radical (unpaired) electrons. The Morgan fingerprint density at radius 2 is 1.78 bits per heavy atom. The van der Waals surface area contributed by atoms with Crippen molar-refractivity contribution in [3.8, 4) is 23.0 Å². The molecular formula is C22H24O5. The van der Waals surface area contributed by atoms with E-state index in [0.29, 0.717) is 23.9 Å². The summed E-state index contributed by atoms with van der Waals surface area (Å²) >= 11 is 0. The number of methoxy groups -OCH3 is 2. The Morgan fingerprint density at radius 3 is 2.41 bits per heavy atom. The topological polar surface area (TPSA) is 65.0 Å². The van der Waals surface area contributed by atoms with Crippen LogP contribution in [0.15, 0.2) is 54.1 Å². The van der Waals surface area contributed by atoms with Crippen LogP contribution in [0.25, 0.3) is 6.08 Å². The van der Waals surface area contributed by atoms with Gasteiger partial charge >= 0.3 is 0 Å². The summed E-state index contributed by atoms with van der Waals surface area (Å²) in [6, 6.07) is 9.99. The average molecular weight is 368 g/mol. The SMILES string of the molecule is COc1ccc(/C=C/C(=O)c2ccc(OCC=C(C)C)cc2O)cc1OC. The van der Waals surface area contributed by atoms with Crippen molar-refractivity contribution < 1.29 is 24.1 Å². The van der Waals surface area contributed by atoms with Crippen LogP contribution in [0, 0.1) is 0 Å². The number of benzene rings is 2. The van der Waals surface area contributed by atoms with Gasteiger partial charge in [-0.2, -0.15) is 0 Å². The Morgan fingerprint density at radius 1 is 1.04 bits per heavy atom. The van der Waals surface area contributed by atoms with Crippen LogP contribution in [0.1, 0.15) is 29.8 Å². The maximum atomic E-state index is 12.4. The average Bonchev–Trinajstić information content (AvgIpc) is 2.65. The Labute approximate surface area is 159 Å². The summed E-state index contributed by atoms with van der Waals surface area (Å²) < 4.78 is 16.0. The third-order valence-electron chi connectivity index (χ3n) is 3.81. The van der Waals surface area contributed by atoms with E-state index in [1.807, 2.05) is 26.0 Å². The van der Waals surface area contributed by atoms with Gasteiger partial charge in [-0.05, 0) is 55.8 Å². The molecular weight excluding hydrogens is 344 g/mol. The summed E-state index contributed by atoms with van der Waals surface area (Å²) in [5.41, 5.74) is 2.13. The molecule has 0 aliphatic carbocycles. The van der Waals surface area contributed by atoms with Crippen LogP contribution in [0.2, 0.25) is 0 Å². The predicted molar refractivity (Wildman–Crippen MR) is 106 cm³/mol. The molecule has 5 nitrogen and oxygen atoms in total. The van der Waals surface area contributed by atoms with E-state index in [4.69, 9.17) is 14.2 Å². The zero-order chi connectivity index (χ0) is 19.8. The van der Waals surface area contributed by atoms with Crippen molar-refractivity contribution in [1.29, 1.82) is 0 Å². The van der Waals surface area contributed by atoms with Gasteiger partial charge in [0.1, 0.15) is 18.1 Å². The number of phenolic OH excluding ortho intramolecular Hbond substituents is 1. The van der Waals surface area contributed by atoms with Gasteiger partial charge in [0.05, 0.1) is 19.8 Å². The first kappa shape index (κ1) is 20.1. The lowest BCUT2D eigenvalue weighted by Crippen LogP contribution is -1.98. The predicted octanol–water partition coefficient (Wildman–Crippen LogP) is 4.65. The van der Waals surface area contributed by atoms with Gasteiger partial charge in [-0.1, -0.05) is 17.7 Å². The highest BCUT2D eigenvalue weighted by Gasteiger charge is 2.10. The van der Waals surface area contributed by atoms with Crippen LogP contribution in [0.3, 0.4) is 0 Å². The highest BCUT2D eigenvalue weighted by atomic mass is 16.5. The molecule has 1 N–H and O–H groups in total. The van der Waals surface area contributed by atoms with Crippen LogP contribution in [-0.2, 0) is 0 Å². The van der Waals surface area contributed by atoms with Crippen LogP contribution in [0.5, 0.6) is 23.0 Å². The van der Waals surface area contributed by atoms with Gasteiger partial charge in [0.2, 0.25) is 0 Å². The number of rotatable bonds is 8. The molecule has 27 heavy (non-hydrogen) atoms. The Bertz CT molecular complexity index is 861. The lowest BCUT2D eigenvalue weighted by atomic mass is 10.1. The minimum Gasteiger partial charge on any atom is -0.507 e. The van der Waals surface area contributed by atoms with Gasteiger partial charge in [-0.15, -0.1) is 0 Å². The normalized spacial score (nSPS) is 10.5. The highest BCUT2D eigenvalue weighted by molar-refractivity contribution is 6.08. The van der Waals surface area contributed by atoms with E-state index in [0.717, 1.165) is 11.1 Å². The molecule has 142 valence electrons. The standard InChI is InChI=1S/C22H24O5/c1-15(2)11-12-27-17-7-8-18(20(24)14-17)19(23)9-5-16-6-10-21(25-3)22(13-16)26-4/h5-11,13-14,24H,12H2,1-4H3/b9-5+. The number of phenols is 1. The quantitative estimate of drug-likeness (QED) is 0.417. The molecule has 0 heterocycles. The first-order valence-electron chi connectivity index (χ1n) is 8.48. The maximum absolute atomic E-state index is 12.4. The summed E-state index contributed by atoms with van der Waals surface area (Å²) in [6.07, 6.45) is 4.99. The fourth-order valence-electron chi connectivity index (χ4n) is 2.33. The number of carbonyl (C=O) groups is 1. The van der Waals surface area contributed by atoms with Crippen molar-refractivity contribution >= 4 is 11.9 Å². The minimum absolute atomic E-state index is 0.119. The second kappa shape index (κ2) is 9.48. The summed E-state index contributed by atoms with van der Waals surface area (Å²) in [7, 11) is 3.11. The van der Waals surface area contributed by atoms with Gasteiger partial charge in [-0.25, -0.2) is 0 Å². The van der Waals surface area contributed by atoms with Gasteiger partial charge in [0.25, 0.3) is 0 Å². The largest absolute Gasteiger partial charge is 0.507 e. The number of ketones is 1. The Kier molecular flexibility index (Phi) is 7.06. The molecule has 0 bridgehead atoms. The highest BCUT2D eigenvalue weighted by Crippen LogP contribution is 2.28. The zero-order valence-electron chi connectivity index (χ0n) is 16.0. The summed E-state index contributed by atoms with van der Waals surface area (Å²) in [6.45, 7) is 4.37. The van der Waals surface area contributed by atoms with Gasteiger partial charge in [-0.3, -0.25) is 4.79 Å². The van der Waals surface area contributed by atoms with E-state index in [9.17, 15) is 9.90 Å². The molecule has 0 spiro atoms. The van der Waals surface area contributed by atoms with Crippen LogP contribution in [0.4, 0.5) is 0 Å². The molecule has 5 heteroatoms. The lowest BCUT2D eigenvalue weighted by Gasteiger charge is -2.08. The van der Waals surface area contributed by atoms with Gasteiger partial charge in [0, 0.05) is 6.07 Å². The third-order valence-corrected chi connectivity index (χ3v) is 3.81. The number of hydrogen-bond acceptors (Lipinski definition) is 5. The summed E-state index contributed by atoms with van der Waals surface area (Å²) in [4.78, 5) is 12.4. The number of carbonyl (C=O) groups excluding carboxylic acids is 1. The third kappa shape index (κ3) is 5.64. The number of hydrogen-bond donors (Lipinski definition) is 1.